The molecule has 0 heterocycles. The standard InChI is InChI=1S/C28H69O45P11/c1-5-52-74(30,31)70-24-27(3)72-83(48,49)67-20-18-64-80(42,43)62-15-14-60-78(38,39)58-11-10-56-76(34,35)54-7-6-53-75(32,33)55-8-9-57-77(36,37)59-12-13-61-79(40,41)63-16-17-66-82(46,47)71-25-28(4)73-84(50,51)68-21-19-65-81(44,45)69-23-26(2)22-29/h26-29H,5-25H2,1-4H3,(H,30,31)(H,32,33)(H,34,35)(H,36,37)(H,38,39)(H,40,41)(H,42,43)(H,44,45)(H,46,47)(H,48,49)(H,50,51). The molecule has 0 saturated heterocycles. The summed E-state index contributed by atoms with van der Waals surface area (Å²) in [4.78, 5) is 106. The average molecular weight is 1470 g/mol. The molecule has 0 fully saturated rings. The van der Waals surface area contributed by atoms with Crippen molar-refractivity contribution in [2.45, 2.75) is 39.9 Å². The van der Waals surface area contributed by atoms with E-state index < -0.39 is 223 Å². The number of aliphatic hydroxyl groups is 1. The summed E-state index contributed by atoms with van der Waals surface area (Å²) in [5.74, 6) is -0.493. The van der Waals surface area contributed by atoms with E-state index in [1.807, 2.05) is 0 Å². The molecule has 0 aliphatic carbocycles. The molecule has 14 unspecified atom stereocenters. The zero-order valence-corrected chi connectivity index (χ0v) is 54.2. The Labute approximate surface area is 478 Å². The molecule has 0 aliphatic rings. The van der Waals surface area contributed by atoms with E-state index in [0.29, 0.717) is 0 Å². The maximum Gasteiger partial charge on any atom is 0.472 e. The van der Waals surface area contributed by atoms with Crippen molar-refractivity contribution in [3.63, 3.8) is 0 Å². The lowest BCUT2D eigenvalue weighted by atomic mass is 10.2. The highest BCUT2D eigenvalue weighted by atomic mass is 31.2. The number of phosphoric ester groups is 11. The van der Waals surface area contributed by atoms with Crippen LogP contribution >= 0.6 is 86.0 Å². The molecular formula is C28H69O45P11. The van der Waals surface area contributed by atoms with Gasteiger partial charge in [-0.25, -0.2) is 50.2 Å². The molecule has 0 aromatic heterocycles. The van der Waals surface area contributed by atoms with Gasteiger partial charge in [0.1, 0.15) is 0 Å². The monoisotopic (exact) mass is 1470 g/mol. The first-order valence-corrected chi connectivity index (χ1v) is 39.3. The van der Waals surface area contributed by atoms with Crippen molar-refractivity contribution in [1.82, 2.24) is 0 Å². The zero-order valence-electron chi connectivity index (χ0n) is 44.3. The molecule has 0 saturated carbocycles. The fourth-order valence-electron chi connectivity index (χ4n) is 4.19. The number of hydrogen-bond acceptors (Lipinski definition) is 34. The molecule has 0 bridgehead atoms. The van der Waals surface area contributed by atoms with Crippen LogP contribution in [-0.2, 0) is 150 Å². The molecule has 12 N–H and O–H groups in total. The first kappa shape index (κ1) is 85.2. The Kier molecular flexibility index (Phi) is 41.6. The zero-order chi connectivity index (χ0) is 64.6. The maximum atomic E-state index is 12.1. The van der Waals surface area contributed by atoms with Gasteiger partial charge in [-0.15, -0.1) is 0 Å². The molecule has 0 radical (unpaired) electrons. The van der Waals surface area contributed by atoms with E-state index in [1.165, 1.54) is 20.8 Å². The number of rotatable bonds is 56. The number of hydrogen-bond donors (Lipinski definition) is 12. The van der Waals surface area contributed by atoms with Gasteiger partial charge in [-0.3, -0.25) is 99.5 Å². The van der Waals surface area contributed by atoms with E-state index >= 15 is 0 Å². The Morgan fingerprint density at radius 3 is 0.583 bits per heavy atom. The summed E-state index contributed by atoms with van der Waals surface area (Å²) < 4.78 is 231. The van der Waals surface area contributed by atoms with Crippen molar-refractivity contribution in [2.24, 2.45) is 5.92 Å². The molecular weight excluding hydrogens is 1400 g/mol. The third-order valence-corrected chi connectivity index (χ3v) is 18.8. The molecule has 0 aliphatic heterocycles. The highest BCUT2D eigenvalue weighted by Crippen LogP contribution is 2.52. The van der Waals surface area contributed by atoms with Crippen LogP contribution in [0.15, 0.2) is 0 Å². The topological polar surface area (TPSA) is 634 Å². The SMILES string of the molecule is CCOP(=O)(O)OCC(C)OP(=O)(O)OCCOP(=O)(O)OCCOP(=O)(O)OCCOP(=O)(O)OCCOP(=O)(O)OCCOP(=O)(O)OCCOP(=O)(O)OCCOP(=O)(O)OCC(C)OP(=O)(O)OCCOP(=O)(O)OCC(C)CO. The van der Waals surface area contributed by atoms with Crippen molar-refractivity contribution < 1.29 is 209 Å². The van der Waals surface area contributed by atoms with Gasteiger partial charge in [-0.1, -0.05) is 6.92 Å². The summed E-state index contributed by atoms with van der Waals surface area (Å²) in [5, 5.41) is 8.91. The molecule has 0 rings (SSSR count). The van der Waals surface area contributed by atoms with Gasteiger partial charge < -0.3 is 58.9 Å². The van der Waals surface area contributed by atoms with Crippen LogP contribution in [0, 0.1) is 5.92 Å². The van der Waals surface area contributed by atoms with Gasteiger partial charge in [0.25, 0.3) is 0 Å². The summed E-state index contributed by atoms with van der Waals surface area (Å²) in [6.45, 7) is -11.3. The lowest BCUT2D eigenvalue weighted by Gasteiger charge is -2.19. The molecule has 0 amide bonds. The predicted molar refractivity (Wildman–Crippen MR) is 270 cm³/mol. The van der Waals surface area contributed by atoms with E-state index in [4.69, 9.17) is 5.11 Å². The van der Waals surface area contributed by atoms with Gasteiger partial charge in [0.2, 0.25) is 0 Å². The number of aliphatic hydroxyl groups excluding tert-OH is 1. The lowest BCUT2D eigenvalue weighted by Crippen LogP contribution is -2.16. The van der Waals surface area contributed by atoms with Crippen molar-refractivity contribution >= 4 is 86.0 Å². The molecule has 56 heteroatoms. The van der Waals surface area contributed by atoms with Gasteiger partial charge >= 0.3 is 86.0 Å². The van der Waals surface area contributed by atoms with Crippen LogP contribution in [0.5, 0.6) is 0 Å². The Hall–Kier alpha value is 1.17. The fourth-order valence-corrected chi connectivity index (χ4v) is 12.5. The van der Waals surface area contributed by atoms with Crippen LogP contribution in [0.4, 0.5) is 0 Å². The molecule has 84 heavy (non-hydrogen) atoms. The van der Waals surface area contributed by atoms with Gasteiger partial charge in [-0.2, -0.15) is 0 Å². The van der Waals surface area contributed by atoms with Crippen LogP contribution in [0.1, 0.15) is 27.7 Å². The molecule has 0 aromatic carbocycles. The van der Waals surface area contributed by atoms with E-state index in [-0.39, 0.29) is 19.8 Å². The second kappa shape index (κ2) is 41.0. The van der Waals surface area contributed by atoms with Gasteiger partial charge in [-0.05, 0) is 20.8 Å². The minimum atomic E-state index is -4.99. The largest absolute Gasteiger partial charge is 0.472 e. The van der Waals surface area contributed by atoms with Crippen LogP contribution in [-0.4, -0.2) is 210 Å². The average Bonchev–Trinajstić information content (AvgIpc) is 3.39. The van der Waals surface area contributed by atoms with Crippen molar-refractivity contribution in [3.8, 4) is 0 Å². The molecule has 0 spiro atoms. The fraction of sp³-hybridized carbons (Fsp3) is 1.00. The second-order valence-electron chi connectivity index (χ2n) is 14.9. The molecule has 0 aromatic rings. The Morgan fingerprint density at radius 1 is 0.250 bits per heavy atom. The second-order valence-corrected chi connectivity index (χ2v) is 30.8. The Balaban J connectivity index is 4.31. The normalized spacial score (nSPS) is 21.5. The molecule has 506 valence electrons. The third-order valence-electron chi connectivity index (χ3n) is 7.43. The highest BCUT2D eigenvalue weighted by molar-refractivity contribution is 7.50. The van der Waals surface area contributed by atoms with Crippen molar-refractivity contribution in [3.05, 3.63) is 0 Å². The van der Waals surface area contributed by atoms with Crippen LogP contribution in [0.3, 0.4) is 0 Å². The predicted octanol–water partition coefficient (Wildman–Crippen LogP) is 2.88. The smallest absolute Gasteiger partial charge is 0.396 e. The highest BCUT2D eigenvalue weighted by Gasteiger charge is 2.33. The maximum absolute atomic E-state index is 12.1. The Morgan fingerprint density at radius 2 is 0.405 bits per heavy atom. The van der Waals surface area contributed by atoms with Gasteiger partial charge in [0.05, 0.1) is 144 Å². The first-order chi connectivity index (χ1) is 38.4. The quantitative estimate of drug-likeness (QED) is 0.0308. The summed E-state index contributed by atoms with van der Waals surface area (Å²) in [6, 6.07) is 0. The van der Waals surface area contributed by atoms with E-state index in [1.54, 1.807) is 0 Å². The van der Waals surface area contributed by atoms with E-state index in [2.05, 4.69) is 99.5 Å². The Bertz CT molecular complexity index is 2430. The van der Waals surface area contributed by atoms with Crippen LogP contribution in [0.25, 0.3) is 0 Å². The van der Waals surface area contributed by atoms with E-state index in [0.717, 1.165) is 6.92 Å². The summed E-state index contributed by atoms with van der Waals surface area (Å²) in [6.07, 6.45) is -2.69. The molecule has 45 nitrogen and oxygen atoms in total. The van der Waals surface area contributed by atoms with Gasteiger partial charge in [0, 0.05) is 12.5 Å². The first-order valence-electron chi connectivity index (χ1n) is 22.9. The van der Waals surface area contributed by atoms with Crippen LogP contribution in [0.2, 0.25) is 0 Å². The summed E-state index contributed by atoms with van der Waals surface area (Å²) in [5.41, 5.74) is 0. The minimum absolute atomic E-state index is 0.170. The summed E-state index contributed by atoms with van der Waals surface area (Å²) in [7, 11) is -53.5. The minimum Gasteiger partial charge on any atom is -0.396 e. The van der Waals surface area contributed by atoms with Gasteiger partial charge in [0.15, 0.2) is 0 Å². The third kappa shape index (κ3) is 48.9. The number of phosphoric acid groups is 11. The lowest BCUT2D eigenvalue weighted by molar-refractivity contribution is 0.0501. The van der Waals surface area contributed by atoms with Crippen LogP contribution < -0.4 is 0 Å². The van der Waals surface area contributed by atoms with E-state index in [9.17, 15) is 104 Å². The molecule has 14 atom stereocenters. The van der Waals surface area contributed by atoms with Crippen molar-refractivity contribution in [1.29, 1.82) is 0 Å². The van der Waals surface area contributed by atoms with Crippen molar-refractivity contribution in [2.75, 3.05) is 139 Å². The summed E-state index contributed by atoms with van der Waals surface area (Å²) >= 11 is 0.